The molecule has 0 atom stereocenters. The quantitative estimate of drug-likeness (QED) is 0.437. The summed E-state index contributed by atoms with van der Waals surface area (Å²) >= 11 is 0. The number of nitrogens with two attached hydrogens (primary N) is 1. The molecule has 0 bridgehead atoms. The largest absolute Gasteiger partial charge is 0.372 e. The molecular formula is C8H13N5O2. The van der Waals surface area contributed by atoms with Crippen LogP contribution in [0, 0.1) is 0 Å². The van der Waals surface area contributed by atoms with Crippen molar-refractivity contribution in [1.82, 2.24) is 15.5 Å². The SMILES string of the molecule is CNc1cc(C(=O)CNCC(N)=O)[nH]n1. The number of aromatic amines is 1. The highest BCUT2D eigenvalue weighted by molar-refractivity contribution is 5.96. The monoisotopic (exact) mass is 211 g/mol. The van der Waals surface area contributed by atoms with Crippen molar-refractivity contribution in [2.75, 3.05) is 25.5 Å². The molecule has 82 valence electrons. The highest BCUT2D eigenvalue weighted by atomic mass is 16.1. The molecule has 1 aromatic heterocycles. The predicted molar refractivity (Wildman–Crippen MR) is 54.5 cm³/mol. The molecule has 1 rings (SSSR count). The van der Waals surface area contributed by atoms with Crippen LogP contribution in [0.4, 0.5) is 5.82 Å². The Bertz CT molecular complexity index is 360. The van der Waals surface area contributed by atoms with Crippen molar-refractivity contribution in [3.8, 4) is 0 Å². The summed E-state index contributed by atoms with van der Waals surface area (Å²) in [6.45, 7) is 0.0348. The maximum atomic E-state index is 11.4. The minimum Gasteiger partial charge on any atom is -0.372 e. The van der Waals surface area contributed by atoms with Crippen LogP contribution in [0.2, 0.25) is 0 Å². The Hall–Kier alpha value is -1.89. The summed E-state index contributed by atoms with van der Waals surface area (Å²) in [4.78, 5) is 21.8. The van der Waals surface area contributed by atoms with Crippen LogP contribution >= 0.6 is 0 Å². The van der Waals surface area contributed by atoms with Crippen LogP contribution in [-0.4, -0.2) is 42.0 Å². The van der Waals surface area contributed by atoms with Crippen LogP contribution in [0.25, 0.3) is 0 Å². The van der Waals surface area contributed by atoms with E-state index in [1.807, 2.05) is 0 Å². The van der Waals surface area contributed by atoms with Gasteiger partial charge in [0.05, 0.1) is 13.1 Å². The molecule has 0 saturated carbocycles. The van der Waals surface area contributed by atoms with Gasteiger partial charge in [-0.15, -0.1) is 0 Å². The number of nitrogens with zero attached hydrogens (tertiary/aromatic N) is 1. The normalized spacial score (nSPS) is 9.93. The topological polar surface area (TPSA) is 113 Å². The van der Waals surface area contributed by atoms with Crippen molar-refractivity contribution in [3.63, 3.8) is 0 Å². The van der Waals surface area contributed by atoms with Gasteiger partial charge in [0, 0.05) is 13.1 Å². The van der Waals surface area contributed by atoms with Crippen molar-refractivity contribution in [2.45, 2.75) is 0 Å². The zero-order valence-electron chi connectivity index (χ0n) is 8.33. The molecule has 1 aromatic rings. The smallest absolute Gasteiger partial charge is 0.231 e. The number of ketones is 1. The van der Waals surface area contributed by atoms with Gasteiger partial charge in [-0.2, -0.15) is 5.10 Å². The number of hydrogen-bond acceptors (Lipinski definition) is 5. The Kier molecular flexibility index (Phi) is 3.81. The molecule has 7 nitrogen and oxygen atoms in total. The second-order valence-corrected chi connectivity index (χ2v) is 2.91. The number of H-pyrrole nitrogens is 1. The van der Waals surface area contributed by atoms with Gasteiger partial charge in [-0.05, 0) is 0 Å². The molecule has 5 N–H and O–H groups in total. The van der Waals surface area contributed by atoms with E-state index in [9.17, 15) is 9.59 Å². The summed E-state index contributed by atoms with van der Waals surface area (Å²) in [6, 6.07) is 1.59. The minimum atomic E-state index is -0.497. The van der Waals surface area contributed by atoms with E-state index in [1.54, 1.807) is 13.1 Å². The fourth-order valence-electron chi connectivity index (χ4n) is 0.987. The summed E-state index contributed by atoms with van der Waals surface area (Å²) in [7, 11) is 1.70. The summed E-state index contributed by atoms with van der Waals surface area (Å²) in [5.41, 5.74) is 5.29. The van der Waals surface area contributed by atoms with Crippen LogP contribution in [-0.2, 0) is 4.79 Å². The number of primary amides is 1. The van der Waals surface area contributed by atoms with Crippen LogP contribution in [0.15, 0.2) is 6.07 Å². The standard InChI is InChI=1S/C8H13N5O2/c1-10-8-2-5(12-13-8)6(14)3-11-4-7(9)15/h2,11H,3-4H2,1H3,(H2,9,15)(H2,10,12,13). The molecule has 15 heavy (non-hydrogen) atoms. The molecule has 0 spiro atoms. The van der Waals surface area contributed by atoms with Gasteiger partial charge < -0.3 is 16.4 Å². The van der Waals surface area contributed by atoms with Crippen LogP contribution in [0.1, 0.15) is 10.5 Å². The summed E-state index contributed by atoms with van der Waals surface area (Å²) < 4.78 is 0. The lowest BCUT2D eigenvalue weighted by Gasteiger charge is -1.98. The molecule has 1 amide bonds. The fourth-order valence-corrected chi connectivity index (χ4v) is 0.987. The number of nitrogens with one attached hydrogen (secondary N) is 3. The first kappa shape index (κ1) is 11.2. The first-order chi connectivity index (χ1) is 7.13. The van der Waals surface area contributed by atoms with Gasteiger partial charge in [0.25, 0.3) is 0 Å². The van der Waals surface area contributed by atoms with E-state index in [4.69, 9.17) is 5.73 Å². The average Bonchev–Trinajstić information content (AvgIpc) is 2.65. The lowest BCUT2D eigenvalue weighted by atomic mass is 10.3. The zero-order valence-corrected chi connectivity index (χ0v) is 8.33. The Morgan fingerprint density at radius 1 is 1.53 bits per heavy atom. The maximum absolute atomic E-state index is 11.4. The van der Waals surface area contributed by atoms with E-state index in [0.717, 1.165) is 0 Å². The third-order valence-corrected chi connectivity index (χ3v) is 1.72. The predicted octanol–water partition coefficient (Wildman–Crippen LogP) is -1.29. The second-order valence-electron chi connectivity index (χ2n) is 2.91. The van der Waals surface area contributed by atoms with Crippen molar-refractivity contribution in [3.05, 3.63) is 11.8 Å². The molecule has 1 heterocycles. The highest BCUT2D eigenvalue weighted by Gasteiger charge is 2.08. The number of amides is 1. The van der Waals surface area contributed by atoms with E-state index in [2.05, 4.69) is 20.8 Å². The number of carbonyl (C=O) groups excluding carboxylic acids is 2. The van der Waals surface area contributed by atoms with E-state index >= 15 is 0 Å². The Morgan fingerprint density at radius 3 is 2.80 bits per heavy atom. The Morgan fingerprint density at radius 2 is 2.27 bits per heavy atom. The van der Waals surface area contributed by atoms with Gasteiger partial charge >= 0.3 is 0 Å². The maximum Gasteiger partial charge on any atom is 0.231 e. The lowest BCUT2D eigenvalue weighted by molar-refractivity contribution is -0.117. The van der Waals surface area contributed by atoms with Crippen molar-refractivity contribution in [2.24, 2.45) is 5.73 Å². The molecule has 0 aliphatic rings. The van der Waals surface area contributed by atoms with E-state index in [-0.39, 0.29) is 18.9 Å². The molecule has 0 aliphatic heterocycles. The third-order valence-electron chi connectivity index (χ3n) is 1.72. The van der Waals surface area contributed by atoms with Gasteiger partial charge in [-0.3, -0.25) is 14.7 Å². The molecule has 0 fully saturated rings. The van der Waals surface area contributed by atoms with Crippen molar-refractivity contribution in [1.29, 1.82) is 0 Å². The molecule has 0 aliphatic carbocycles. The fraction of sp³-hybridized carbons (Fsp3) is 0.375. The number of Topliss-reactive ketones (excluding diaryl/α,β-unsaturated/α-hetero) is 1. The van der Waals surface area contributed by atoms with E-state index in [1.165, 1.54) is 0 Å². The molecule has 0 aromatic carbocycles. The van der Waals surface area contributed by atoms with Gasteiger partial charge in [0.1, 0.15) is 11.5 Å². The first-order valence-corrected chi connectivity index (χ1v) is 4.39. The van der Waals surface area contributed by atoms with Gasteiger partial charge in [0.15, 0.2) is 5.78 Å². The van der Waals surface area contributed by atoms with Gasteiger partial charge in [0.2, 0.25) is 5.91 Å². The number of anilines is 1. The molecule has 7 heteroatoms. The van der Waals surface area contributed by atoms with Gasteiger partial charge in [-0.1, -0.05) is 0 Å². The number of aromatic nitrogens is 2. The Balaban J connectivity index is 2.43. The molecule has 0 saturated heterocycles. The summed E-state index contributed by atoms with van der Waals surface area (Å²) in [5.74, 6) is -0.0816. The minimum absolute atomic E-state index is 0.0151. The highest BCUT2D eigenvalue weighted by Crippen LogP contribution is 2.03. The Labute approximate surface area is 86.4 Å². The molecular weight excluding hydrogens is 198 g/mol. The number of rotatable bonds is 6. The summed E-state index contributed by atoms with van der Waals surface area (Å²) in [5, 5.41) is 11.8. The molecule has 0 radical (unpaired) electrons. The molecule has 0 unspecified atom stereocenters. The van der Waals surface area contributed by atoms with Crippen molar-refractivity contribution >= 4 is 17.5 Å². The second kappa shape index (κ2) is 5.11. The number of carbonyl (C=O) groups is 2. The van der Waals surface area contributed by atoms with E-state index < -0.39 is 5.91 Å². The summed E-state index contributed by atoms with van der Waals surface area (Å²) in [6.07, 6.45) is 0. The third kappa shape index (κ3) is 3.39. The van der Waals surface area contributed by atoms with Crippen molar-refractivity contribution < 1.29 is 9.59 Å². The van der Waals surface area contributed by atoms with Crippen LogP contribution in [0.3, 0.4) is 0 Å². The average molecular weight is 211 g/mol. The van der Waals surface area contributed by atoms with Crippen LogP contribution < -0.4 is 16.4 Å². The zero-order chi connectivity index (χ0) is 11.3. The first-order valence-electron chi connectivity index (χ1n) is 4.39. The lowest BCUT2D eigenvalue weighted by Crippen LogP contribution is -2.32. The van der Waals surface area contributed by atoms with Crippen LogP contribution in [0.5, 0.6) is 0 Å². The van der Waals surface area contributed by atoms with Gasteiger partial charge in [-0.25, -0.2) is 0 Å². The number of hydrogen-bond donors (Lipinski definition) is 4. The van der Waals surface area contributed by atoms with E-state index in [0.29, 0.717) is 11.5 Å².